The second-order valence-corrected chi connectivity index (χ2v) is 7.99. The van der Waals surface area contributed by atoms with E-state index in [-0.39, 0.29) is 23.4 Å². The maximum atomic E-state index is 13.4. The van der Waals surface area contributed by atoms with E-state index < -0.39 is 0 Å². The number of phenols is 1. The standard InChI is InChI=1S/C24H22N2O3/c1-13-3-5-16(6-4-13)22-21-14(2)26-29-24(21)25-19-11-17(12-20(28)23(19)22)15-7-9-18(27)10-8-15/h3-10,17,22,25,27H,11-12H2,1-2H3/t17-,22+/m1/s1. The van der Waals surface area contributed by atoms with Gasteiger partial charge in [-0.15, -0.1) is 0 Å². The van der Waals surface area contributed by atoms with Gasteiger partial charge in [0.2, 0.25) is 5.88 Å². The summed E-state index contributed by atoms with van der Waals surface area (Å²) in [7, 11) is 0. The number of benzene rings is 2. The van der Waals surface area contributed by atoms with Crippen LogP contribution in [0.25, 0.3) is 0 Å². The van der Waals surface area contributed by atoms with Crippen molar-refractivity contribution in [3.63, 3.8) is 0 Å². The first-order valence-corrected chi connectivity index (χ1v) is 9.86. The largest absolute Gasteiger partial charge is 0.508 e. The minimum atomic E-state index is -0.165. The second-order valence-electron chi connectivity index (χ2n) is 7.99. The van der Waals surface area contributed by atoms with Crippen molar-refractivity contribution in [2.75, 3.05) is 5.32 Å². The maximum absolute atomic E-state index is 13.4. The molecule has 5 nitrogen and oxygen atoms in total. The van der Waals surface area contributed by atoms with Gasteiger partial charge in [0, 0.05) is 23.6 Å². The first kappa shape index (κ1) is 17.7. The zero-order chi connectivity index (χ0) is 20.1. The molecule has 29 heavy (non-hydrogen) atoms. The molecule has 0 saturated carbocycles. The van der Waals surface area contributed by atoms with Crippen LogP contribution in [-0.4, -0.2) is 16.0 Å². The summed E-state index contributed by atoms with van der Waals surface area (Å²) in [5.41, 5.74) is 6.80. The van der Waals surface area contributed by atoms with Gasteiger partial charge >= 0.3 is 0 Å². The van der Waals surface area contributed by atoms with E-state index in [0.29, 0.717) is 18.7 Å². The minimum absolute atomic E-state index is 0.0681. The Hall–Kier alpha value is -3.34. The number of anilines is 1. The SMILES string of the molecule is Cc1ccc([C@@H]2C3=C(C[C@@H](c4ccc(O)cc4)CC3=O)Nc3onc(C)c32)cc1. The Morgan fingerprint density at radius 3 is 2.41 bits per heavy atom. The number of nitrogens with zero attached hydrogens (tertiary/aromatic N) is 1. The Balaban J connectivity index is 1.61. The predicted molar refractivity (Wildman–Crippen MR) is 110 cm³/mol. The molecule has 1 aromatic heterocycles. The van der Waals surface area contributed by atoms with Crippen LogP contribution in [0.2, 0.25) is 0 Å². The molecule has 3 aromatic rings. The van der Waals surface area contributed by atoms with Crippen LogP contribution < -0.4 is 5.32 Å². The normalized spacial score (nSPS) is 20.8. The van der Waals surface area contributed by atoms with Crippen molar-refractivity contribution < 1.29 is 14.4 Å². The van der Waals surface area contributed by atoms with Gasteiger partial charge in [-0.1, -0.05) is 47.1 Å². The Labute approximate surface area is 169 Å². The third-order valence-corrected chi connectivity index (χ3v) is 6.03. The van der Waals surface area contributed by atoms with E-state index in [4.69, 9.17) is 4.52 Å². The highest BCUT2D eigenvalue weighted by molar-refractivity contribution is 6.01. The second kappa shape index (κ2) is 6.62. The third kappa shape index (κ3) is 2.94. The lowest BCUT2D eigenvalue weighted by molar-refractivity contribution is -0.116. The fourth-order valence-corrected chi connectivity index (χ4v) is 4.55. The van der Waals surface area contributed by atoms with E-state index in [1.165, 1.54) is 5.56 Å². The van der Waals surface area contributed by atoms with Crippen molar-refractivity contribution in [3.8, 4) is 5.75 Å². The molecular formula is C24H22N2O3. The number of aryl methyl sites for hydroxylation is 2. The van der Waals surface area contributed by atoms with E-state index in [1.807, 2.05) is 19.1 Å². The fourth-order valence-electron chi connectivity index (χ4n) is 4.55. The number of aromatic nitrogens is 1. The number of phenolic OH excluding ortho intramolecular Hbond substituents is 1. The van der Waals surface area contributed by atoms with Gasteiger partial charge in [-0.05, 0) is 49.4 Å². The Bertz CT molecular complexity index is 1120. The fraction of sp³-hybridized carbons (Fsp3) is 0.250. The molecule has 0 fully saturated rings. The smallest absolute Gasteiger partial charge is 0.233 e. The molecule has 0 radical (unpaired) electrons. The van der Waals surface area contributed by atoms with Crippen LogP contribution in [0.3, 0.4) is 0 Å². The van der Waals surface area contributed by atoms with E-state index in [1.54, 1.807) is 12.1 Å². The molecule has 0 bridgehead atoms. The molecule has 0 unspecified atom stereocenters. The monoisotopic (exact) mass is 386 g/mol. The van der Waals surface area contributed by atoms with E-state index in [2.05, 4.69) is 41.7 Å². The molecule has 2 atom stereocenters. The molecule has 5 heteroatoms. The zero-order valence-electron chi connectivity index (χ0n) is 16.4. The Kier molecular flexibility index (Phi) is 4.05. The van der Waals surface area contributed by atoms with Crippen LogP contribution in [-0.2, 0) is 4.79 Å². The lowest BCUT2D eigenvalue weighted by atomic mass is 9.72. The van der Waals surface area contributed by atoms with Crippen molar-refractivity contribution >= 4 is 11.7 Å². The lowest BCUT2D eigenvalue weighted by Gasteiger charge is -2.34. The van der Waals surface area contributed by atoms with Gasteiger partial charge < -0.3 is 14.9 Å². The molecular weight excluding hydrogens is 364 g/mol. The summed E-state index contributed by atoms with van der Waals surface area (Å²) in [4.78, 5) is 13.4. The number of fused-ring (bicyclic) bond motifs is 1. The van der Waals surface area contributed by atoms with Crippen LogP contribution in [0.4, 0.5) is 5.88 Å². The average Bonchev–Trinajstić information content (AvgIpc) is 3.08. The summed E-state index contributed by atoms with van der Waals surface area (Å²) in [6, 6.07) is 15.5. The van der Waals surface area contributed by atoms with Crippen molar-refractivity contribution in [3.05, 3.63) is 87.7 Å². The number of Topliss-reactive ketones (excluding diaryl/α,β-unsaturated/α-hetero) is 1. The highest BCUT2D eigenvalue weighted by Gasteiger charge is 2.41. The highest BCUT2D eigenvalue weighted by Crippen LogP contribution is 2.49. The summed E-state index contributed by atoms with van der Waals surface area (Å²) < 4.78 is 5.56. The highest BCUT2D eigenvalue weighted by atomic mass is 16.5. The Morgan fingerprint density at radius 1 is 1.00 bits per heavy atom. The lowest BCUT2D eigenvalue weighted by Crippen LogP contribution is -2.29. The summed E-state index contributed by atoms with van der Waals surface area (Å²) >= 11 is 0. The van der Waals surface area contributed by atoms with Crippen molar-refractivity contribution in [2.45, 2.75) is 38.5 Å². The molecule has 146 valence electrons. The molecule has 0 saturated heterocycles. The quantitative estimate of drug-likeness (QED) is 0.651. The zero-order valence-corrected chi connectivity index (χ0v) is 16.4. The summed E-state index contributed by atoms with van der Waals surface area (Å²) in [6.45, 7) is 3.98. The number of hydrogen-bond donors (Lipinski definition) is 2. The number of nitrogens with one attached hydrogen (secondary N) is 1. The number of rotatable bonds is 2. The first-order valence-electron chi connectivity index (χ1n) is 9.86. The van der Waals surface area contributed by atoms with Gasteiger partial charge in [0.1, 0.15) is 5.75 Å². The van der Waals surface area contributed by atoms with Crippen LogP contribution in [0.1, 0.15) is 52.6 Å². The van der Waals surface area contributed by atoms with E-state index >= 15 is 0 Å². The molecule has 1 aliphatic heterocycles. The van der Waals surface area contributed by atoms with Crippen molar-refractivity contribution in [1.82, 2.24) is 5.16 Å². The van der Waals surface area contributed by atoms with Crippen molar-refractivity contribution in [1.29, 1.82) is 0 Å². The van der Waals surface area contributed by atoms with Crippen LogP contribution in [0.5, 0.6) is 5.75 Å². The molecule has 2 heterocycles. The van der Waals surface area contributed by atoms with Gasteiger partial charge in [-0.2, -0.15) is 0 Å². The summed E-state index contributed by atoms with van der Waals surface area (Å²) in [5.74, 6) is 0.910. The van der Waals surface area contributed by atoms with Crippen molar-refractivity contribution in [2.24, 2.45) is 0 Å². The molecule has 0 amide bonds. The Morgan fingerprint density at radius 2 is 1.69 bits per heavy atom. The number of aromatic hydroxyl groups is 1. The molecule has 2 N–H and O–H groups in total. The van der Waals surface area contributed by atoms with Gasteiger partial charge in [0.25, 0.3) is 0 Å². The van der Waals surface area contributed by atoms with E-state index in [9.17, 15) is 9.90 Å². The maximum Gasteiger partial charge on any atom is 0.233 e. The molecule has 2 aliphatic rings. The predicted octanol–water partition coefficient (Wildman–Crippen LogP) is 4.96. The topological polar surface area (TPSA) is 75.4 Å². The first-order chi connectivity index (χ1) is 14.0. The summed E-state index contributed by atoms with van der Waals surface area (Å²) in [6.07, 6.45) is 1.17. The number of ketones is 1. The van der Waals surface area contributed by atoms with Gasteiger partial charge in [0.05, 0.1) is 11.3 Å². The number of carbonyl (C=O) groups is 1. The van der Waals surface area contributed by atoms with E-state index in [0.717, 1.165) is 33.7 Å². The van der Waals surface area contributed by atoms with Crippen LogP contribution >= 0.6 is 0 Å². The number of hydrogen-bond acceptors (Lipinski definition) is 5. The van der Waals surface area contributed by atoms with Gasteiger partial charge in [-0.3, -0.25) is 4.79 Å². The molecule has 5 rings (SSSR count). The minimum Gasteiger partial charge on any atom is -0.508 e. The summed E-state index contributed by atoms with van der Waals surface area (Å²) in [5, 5.41) is 17.1. The van der Waals surface area contributed by atoms with Gasteiger partial charge in [0.15, 0.2) is 5.78 Å². The molecule has 2 aromatic carbocycles. The molecule has 0 spiro atoms. The van der Waals surface area contributed by atoms with Crippen LogP contribution in [0, 0.1) is 13.8 Å². The van der Waals surface area contributed by atoms with Crippen LogP contribution in [0.15, 0.2) is 64.3 Å². The van der Waals surface area contributed by atoms with Gasteiger partial charge in [-0.25, -0.2) is 0 Å². The molecule has 1 aliphatic carbocycles. The number of allylic oxidation sites excluding steroid dienone is 2. The average molecular weight is 386 g/mol. The third-order valence-electron chi connectivity index (χ3n) is 6.03. The number of carbonyl (C=O) groups excluding carboxylic acids is 1.